The van der Waals surface area contributed by atoms with Gasteiger partial charge in [0.25, 0.3) is 0 Å². The number of fused-ring (bicyclic) bond motifs is 1. The van der Waals surface area contributed by atoms with Crippen molar-refractivity contribution in [2.75, 3.05) is 7.11 Å². The Morgan fingerprint density at radius 3 is 2.76 bits per heavy atom. The first-order chi connectivity index (χ1) is 10.2. The summed E-state index contributed by atoms with van der Waals surface area (Å²) in [6.07, 6.45) is 5.27. The van der Waals surface area contributed by atoms with Crippen molar-refractivity contribution >= 4 is 28.4 Å². The van der Waals surface area contributed by atoms with Gasteiger partial charge in [-0.15, -0.1) is 0 Å². The Hall–Kier alpha value is -1.32. The van der Waals surface area contributed by atoms with Gasteiger partial charge in [-0.2, -0.15) is 0 Å². The van der Waals surface area contributed by atoms with Crippen LogP contribution < -0.4 is 0 Å². The van der Waals surface area contributed by atoms with E-state index in [0.29, 0.717) is 22.3 Å². The molecule has 1 heterocycles. The molecule has 0 radical (unpaired) electrons. The molecule has 1 aliphatic carbocycles. The zero-order chi connectivity index (χ0) is 14.8. The Morgan fingerprint density at radius 2 is 2.10 bits per heavy atom. The number of ketones is 1. The van der Waals surface area contributed by atoms with Gasteiger partial charge in [0.05, 0.1) is 5.02 Å². The van der Waals surface area contributed by atoms with Crippen molar-refractivity contribution in [2.24, 2.45) is 5.92 Å². The fraction of sp³-hybridized carbons (Fsp3) is 0.471. The number of benzene rings is 1. The molecule has 1 unspecified atom stereocenters. The minimum absolute atomic E-state index is 0.0725. The Labute approximate surface area is 129 Å². The van der Waals surface area contributed by atoms with Crippen LogP contribution in [0.2, 0.25) is 5.02 Å². The van der Waals surface area contributed by atoms with Crippen molar-refractivity contribution in [1.82, 2.24) is 0 Å². The molecule has 0 amide bonds. The first-order valence-electron chi connectivity index (χ1n) is 7.46. The van der Waals surface area contributed by atoms with Crippen LogP contribution in [0.1, 0.15) is 42.7 Å². The molecule has 1 saturated carbocycles. The van der Waals surface area contributed by atoms with E-state index < -0.39 is 6.10 Å². The first-order valence-corrected chi connectivity index (χ1v) is 7.83. The number of halogens is 1. The van der Waals surface area contributed by atoms with E-state index in [0.717, 1.165) is 18.2 Å². The molecular formula is C17H19ClO3. The van der Waals surface area contributed by atoms with Crippen LogP contribution >= 0.6 is 11.6 Å². The minimum atomic E-state index is -0.412. The topological polar surface area (TPSA) is 39.4 Å². The van der Waals surface area contributed by atoms with Gasteiger partial charge in [0.1, 0.15) is 6.10 Å². The summed E-state index contributed by atoms with van der Waals surface area (Å²) in [6, 6.07) is 7.27. The predicted octanol–water partition coefficient (Wildman–Crippen LogP) is 4.86. The van der Waals surface area contributed by atoms with Gasteiger partial charge in [-0.1, -0.05) is 43.0 Å². The summed E-state index contributed by atoms with van der Waals surface area (Å²) in [5.41, 5.74) is 0.570. The second kappa shape index (κ2) is 6.20. The van der Waals surface area contributed by atoms with E-state index in [9.17, 15) is 4.79 Å². The molecule has 21 heavy (non-hydrogen) atoms. The highest BCUT2D eigenvalue weighted by atomic mass is 35.5. The quantitative estimate of drug-likeness (QED) is 0.757. The highest BCUT2D eigenvalue weighted by molar-refractivity contribution is 6.34. The average Bonchev–Trinajstić information content (AvgIpc) is 2.95. The lowest BCUT2D eigenvalue weighted by atomic mass is 9.83. The summed E-state index contributed by atoms with van der Waals surface area (Å²) in [6.45, 7) is 0. The first kappa shape index (κ1) is 14.6. The van der Waals surface area contributed by atoms with E-state index in [1.54, 1.807) is 19.2 Å². The smallest absolute Gasteiger partial charge is 0.226 e. The van der Waals surface area contributed by atoms with Crippen LogP contribution in [-0.4, -0.2) is 19.0 Å². The zero-order valence-electron chi connectivity index (χ0n) is 12.1. The number of furan rings is 1. The molecular weight excluding hydrogens is 288 g/mol. The van der Waals surface area contributed by atoms with E-state index in [-0.39, 0.29) is 5.78 Å². The van der Waals surface area contributed by atoms with Crippen molar-refractivity contribution in [1.29, 1.82) is 0 Å². The number of rotatable bonds is 4. The zero-order valence-corrected chi connectivity index (χ0v) is 12.9. The van der Waals surface area contributed by atoms with Gasteiger partial charge in [0.15, 0.2) is 11.3 Å². The number of methoxy groups -OCH3 is 1. The summed E-state index contributed by atoms with van der Waals surface area (Å²) < 4.78 is 11.2. The van der Waals surface area contributed by atoms with Crippen molar-refractivity contribution in [3.8, 4) is 0 Å². The van der Waals surface area contributed by atoms with Gasteiger partial charge in [0.2, 0.25) is 5.78 Å². The molecule has 0 aliphatic heterocycles. The van der Waals surface area contributed by atoms with Gasteiger partial charge < -0.3 is 9.15 Å². The van der Waals surface area contributed by atoms with Gasteiger partial charge in [-0.3, -0.25) is 4.79 Å². The number of carbonyl (C=O) groups is 1. The number of hydrogen-bond acceptors (Lipinski definition) is 3. The molecule has 0 bridgehead atoms. The summed E-state index contributed by atoms with van der Waals surface area (Å²) in [5.74, 6) is 0.562. The van der Waals surface area contributed by atoms with Crippen LogP contribution in [0.15, 0.2) is 28.7 Å². The minimum Gasteiger partial charge on any atom is -0.451 e. The van der Waals surface area contributed by atoms with E-state index >= 15 is 0 Å². The van der Waals surface area contributed by atoms with E-state index in [1.165, 1.54) is 19.3 Å². The predicted molar refractivity (Wildman–Crippen MR) is 82.9 cm³/mol. The summed E-state index contributed by atoms with van der Waals surface area (Å²) in [7, 11) is 1.60. The van der Waals surface area contributed by atoms with Crippen molar-refractivity contribution in [2.45, 2.75) is 38.2 Å². The third-order valence-electron chi connectivity index (χ3n) is 4.33. The van der Waals surface area contributed by atoms with Crippen LogP contribution in [0, 0.1) is 5.92 Å². The van der Waals surface area contributed by atoms with Crippen LogP contribution in [0.5, 0.6) is 0 Å². The largest absolute Gasteiger partial charge is 0.451 e. The number of ether oxygens (including phenoxy) is 1. The molecule has 1 atom stereocenters. The Bertz CT molecular complexity index is 641. The molecule has 0 saturated heterocycles. The molecule has 0 spiro atoms. The SMILES string of the molecule is COC(C(=O)c1cc2cccc(Cl)c2o1)C1CCCCC1. The van der Waals surface area contributed by atoms with Gasteiger partial charge in [-0.25, -0.2) is 0 Å². The number of para-hydroxylation sites is 1. The lowest BCUT2D eigenvalue weighted by Gasteiger charge is -2.27. The normalized spacial score (nSPS) is 18.0. The maximum absolute atomic E-state index is 12.7. The third kappa shape index (κ3) is 2.85. The molecule has 3 rings (SSSR count). The lowest BCUT2D eigenvalue weighted by Crippen LogP contribution is -2.32. The van der Waals surface area contributed by atoms with Gasteiger partial charge >= 0.3 is 0 Å². The Balaban J connectivity index is 1.89. The van der Waals surface area contributed by atoms with Crippen molar-refractivity contribution < 1.29 is 13.9 Å². The molecule has 1 aliphatic rings. The summed E-state index contributed by atoms with van der Waals surface area (Å²) in [4.78, 5) is 12.7. The maximum Gasteiger partial charge on any atom is 0.226 e. The monoisotopic (exact) mass is 306 g/mol. The van der Waals surface area contributed by atoms with Gasteiger partial charge in [0, 0.05) is 12.5 Å². The summed E-state index contributed by atoms with van der Waals surface area (Å²) in [5, 5.41) is 1.38. The average molecular weight is 307 g/mol. The van der Waals surface area contributed by atoms with E-state index in [2.05, 4.69) is 0 Å². The molecule has 3 nitrogen and oxygen atoms in total. The Kier molecular flexibility index (Phi) is 4.32. The van der Waals surface area contributed by atoms with Crippen molar-refractivity contribution in [3.63, 3.8) is 0 Å². The molecule has 4 heteroatoms. The highest BCUT2D eigenvalue weighted by Gasteiger charge is 2.32. The van der Waals surface area contributed by atoms with E-state index in [1.807, 2.05) is 12.1 Å². The molecule has 0 N–H and O–H groups in total. The number of hydrogen-bond donors (Lipinski definition) is 0. The second-order valence-corrected chi connectivity index (χ2v) is 6.09. The fourth-order valence-corrected chi connectivity index (χ4v) is 3.46. The van der Waals surface area contributed by atoms with Crippen LogP contribution in [-0.2, 0) is 4.74 Å². The number of carbonyl (C=O) groups excluding carboxylic acids is 1. The lowest BCUT2D eigenvalue weighted by molar-refractivity contribution is 0.0293. The molecule has 1 aromatic carbocycles. The molecule has 112 valence electrons. The summed E-state index contributed by atoms with van der Waals surface area (Å²) >= 11 is 6.10. The maximum atomic E-state index is 12.7. The molecule has 2 aromatic rings. The second-order valence-electron chi connectivity index (χ2n) is 5.69. The van der Waals surface area contributed by atoms with Gasteiger partial charge in [-0.05, 0) is 30.9 Å². The Morgan fingerprint density at radius 1 is 1.33 bits per heavy atom. The molecule has 1 fully saturated rings. The van der Waals surface area contributed by atoms with Crippen LogP contribution in [0.4, 0.5) is 0 Å². The van der Waals surface area contributed by atoms with Crippen LogP contribution in [0.25, 0.3) is 11.0 Å². The van der Waals surface area contributed by atoms with E-state index in [4.69, 9.17) is 20.8 Å². The van der Waals surface area contributed by atoms with Crippen LogP contribution in [0.3, 0.4) is 0 Å². The fourth-order valence-electron chi connectivity index (χ4n) is 3.24. The van der Waals surface area contributed by atoms with Crippen molar-refractivity contribution in [3.05, 3.63) is 35.0 Å². The third-order valence-corrected chi connectivity index (χ3v) is 4.63. The highest BCUT2D eigenvalue weighted by Crippen LogP contribution is 2.32. The standard InChI is InChI=1S/C17H19ClO3/c1-20-17(11-6-3-2-4-7-11)15(19)14-10-12-8-5-9-13(18)16(12)21-14/h5,8-11,17H,2-4,6-7H2,1H3. The molecule has 1 aromatic heterocycles. The number of Topliss-reactive ketones (excluding diaryl/α,β-unsaturated/α-hetero) is 1.